The number of hydrogen-bond acceptors (Lipinski definition) is 9. The Kier molecular flexibility index (Phi) is 8.35. The number of hydrogen-bond donors (Lipinski definition) is 2. The van der Waals surface area contributed by atoms with E-state index in [1.807, 2.05) is 93.6 Å². The molecule has 4 rings (SSSR count). The molecule has 0 radical (unpaired) electrons. The molecule has 1 aliphatic rings. The van der Waals surface area contributed by atoms with Gasteiger partial charge in [-0.15, -0.1) is 0 Å². The number of nitrogens with zero attached hydrogens (tertiary/aromatic N) is 1. The van der Waals surface area contributed by atoms with Crippen molar-refractivity contribution in [3.8, 4) is 17.2 Å². The summed E-state index contributed by atoms with van der Waals surface area (Å²) in [6.45, 7) is 5.87. The SMILES string of the molecule is COP1(Oc2ccccc2C)=N[P+](OC)(Oc2ccccc2C)N[P+](OC)(Oc2ccccc2C)N1. The molecule has 1 heterocycles. The van der Waals surface area contributed by atoms with E-state index in [-0.39, 0.29) is 0 Å². The van der Waals surface area contributed by atoms with Crippen LogP contribution in [0.15, 0.2) is 77.3 Å². The van der Waals surface area contributed by atoms with E-state index in [1.165, 1.54) is 14.2 Å². The summed E-state index contributed by atoms with van der Waals surface area (Å²) in [5.41, 5.74) is 2.78. The lowest BCUT2D eigenvalue weighted by molar-refractivity contribution is 0.320. The molecule has 0 saturated heterocycles. The van der Waals surface area contributed by atoms with Crippen molar-refractivity contribution in [1.29, 1.82) is 0 Å². The molecule has 3 atom stereocenters. The van der Waals surface area contributed by atoms with Crippen LogP contribution in [0.2, 0.25) is 0 Å². The van der Waals surface area contributed by atoms with Gasteiger partial charge in [-0.3, -0.25) is 9.05 Å². The second kappa shape index (κ2) is 11.1. The van der Waals surface area contributed by atoms with E-state index < -0.39 is 23.7 Å². The molecule has 2 N–H and O–H groups in total. The molecule has 0 amide bonds. The molecule has 3 aromatic carbocycles. The van der Waals surface area contributed by atoms with Gasteiger partial charge in [-0.25, -0.2) is 0 Å². The minimum Gasteiger partial charge on any atom is -0.423 e. The van der Waals surface area contributed by atoms with Crippen LogP contribution in [0, 0.1) is 20.8 Å². The van der Waals surface area contributed by atoms with Crippen LogP contribution in [-0.2, 0) is 13.6 Å². The monoisotopic (exact) mass is 551 g/mol. The van der Waals surface area contributed by atoms with Crippen molar-refractivity contribution in [2.75, 3.05) is 21.3 Å². The predicted molar refractivity (Wildman–Crippen MR) is 146 cm³/mol. The van der Waals surface area contributed by atoms with Gasteiger partial charge in [0.25, 0.3) is 0 Å². The average molecular weight is 551 g/mol. The quantitative estimate of drug-likeness (QED) is 0.263. The van der Waals surface area contributed by atoms with Gasteiger partial charge in [-0.05, 0) is 60.5 Å². The fourth-order valence-electron chi connectivity index (χ4n) is 3.40. The summed E-state index contributed by atoms with van der Waals surface area (Å²) in [7, 11) is -5.16. The molecule has 0 aromatic heterocycles. The molecule has 1 aliphatic heterocycles. The maximum atomic E-state index is 6.52. The highest BCUT2D eigenvalue weighted by molar-refractivity contribution is 7.88. The Morgan fingerprint density at radius 3 is 1.64 bits per heavy atom. The fraction of sp³-hybridized carbons (Fsp3) is 0.250. The summed E-state index contributed by atoms with van der Waals surface area (Å²) >= 11 is 0. The minimum atomic E-state index is -3.29. The lowest BCUT2D eigenvalue weighted by Crippen LogP contribution is -2.37. The first kappa shape index (κ1) is 27.0. The molecule has 9 nitrogen and oxygen atoms in total. The van der Waals surface area contributed by atoms with Crippen molar-refractivity contribution in [1.82, 2.24) is 9.72 Å². The lowest BCUT2D eigenvalue weighted by atomic mass is 10.2. The van der Waals surface area contributed by atoms with Gasteiger partial charge in [0.2, 0.25) is 0 Å². The first-order valence-electron chi connectivity index (χ1n) is 11.2. The predicted octanol–water partition coefficient (Wildman–Crippen LogP) is 7.58. The van der Waals surface area contributed by atoms with Gasteiger partial charge < -0.3 is 9.05 Å². The van der Waals surface area contributed by atoms with Crippen molar-refractivity contribution in [2.45, 2.75) is 20.8 Å². The Labute approximate surface area is 213 Å². The highest BCUT2D eigenvalue weighted by Crippen LogP contribution is 2.80. The van der Waals surface area contributed by atoms with Crippen LogP contribution in [0.4, 0.5) is 0 Å². The molecule has 192 valence electrons. The Morgan fingerprint density at radius 2 is 1.17 bits per heavy atom. The zero-order valence-electron chi connectivity index (χ0n) is 21.2. The largest absolute Gasteiger partial charge is 0.570 e. The van der Waals surface area contributed by atoms with E-state index in [0.29, 0.717) is 17.2 Å². The number of benzene rings is 3. The topological polar surface area (TPSA) is 91.8 Å². The van der Waals surface area contributed by atoms with Gasteiger partial charge in [0.1, 0.15) is 5.75 Å². The molecule has 0 saturated carbocycles. The van der Waals surface area contributed by atoms with E-state index in [9.17, 15) is 0 Å². The zero-order chi connectivity index (χ0) is 25.8. The summed E-state index contributed by atoms with van der Waals surface area (Å²) < 4.78 is 42.4. The van der Waals surface area contributed by atoms with Crippen molar-refractivity contribution >= 4 is 23.7 Å². The molecule has 0 fully saturated rings. The van der Waals surface area contributed by atoms with Crippen LogP contribution in [0.25, 0.3) is 0 Å². The first-order chi connectivity index (χ1) is 17.3. The van der Waals surface area contributed by atoms with Crippen LogP contribution in [-0.4, -0.2) is 21.3 Å². The van der Waals surface area contributed by atoms with E-state index in [1.54, 1.807) is 7.11 Å². The van der Waals surface area contributed by atoms with Gasteiger partial charge in [0.05, 0.1) is 19.1 Å². The van der Waals surface area contributed by atoms with Crippen LogP contribution in [0.5, 0.6) is 17.2 Å². The van der Waals surface area contributed by atoms with Crippen LogP contribution < -0.4 is 23.3 Å². The molecule has 0 aliphatic carbocycles. The summed E-state index contributed by atoms with van der Waals surface area (Å²) in [6, 6.07) is 23.0. The Morgan fingerprint density at radius 1 is 0.667 bits per heavy atom. The Hall–Kier alpha value is -2.05. The third-order valence-electron chi connectivity index (χ3n) is 5.46. The Balaban J connectivity index is 1.87. The summed E-state index contributed by atoms with van der Waals surface area (Å²) in [5.74, 6) is 1.85. The second-order valence-corrected chi connectivity index (χ2v) is 15.1. The normalized spacial score (nSPS) is 25.6. The van der Waals surface area contributed by atoms with Gasteiger partial charge >= 0.3 is 23.7 Å². The summed E-state index contributed by atoms with van der Waals surface area (Å²) in [6.07, 6.45) is 0. The fourth-order valence-corrected chi connectivity index (χ4v) is 13.4. The number of rotatable bonds is 9. The molecular weight excluding hydrogens is 519 g/mol. The number of nitrogens with one attached hydrogen (secondary N) is 2. The third kappa shape index (κ3) is 5.75. The maximum absolute atomic E-state index is 6.52. The number of aryl methyl sites for hydroxylation is 3. The van der Waals surface area contributed by atoms with Crippen LogP contribution in [0.1, 0.15) is 16.7 Å². The highest BCUT2D eigenvalue weighted by atomic mass is 31.3. The van der Waals surface area contributed by atoms with Gasteiger partial charge in [-0.2, -0.15) is 9.05 Å². The van der Waals surface area contributed by atoms with Crippen molar-refractivity contribution in [3.63, 3.8) is 0 Å². The maximum Gasteiger partial charge on any atom is 0.570 e. The average Bonchev–Trinajstić information content (AvgIpc) is 2.88. The van der Waals surface area contributed by atoms with Crippen LogP contribution in [0.3, 0.4) is 0 Å². The molecule has 36 heavy (non-hydrogen) atoms. The van der Waals surface area contributed by atoms with E-state index in [2.05, 4.69) is 9.72 Å². The van der Waals surface area contributed by atoms with Crippen LogP contribution >= 0.6 is 23.7 Å². The summed E-state index contributed by atoms with van der Waals surface area (Å²) in [5, 5.41) is 0. The van der Waals surface area contributed by atoms with E-state index in [4.69, 9.17) is 31.7 Å². The third-order valence-corrected chi connectivity index (χ3v) is 14.3. The Bertz CT molecular complexity index is 1280. The van der Waals surface area contributed by atoms with Gasteiger partial charge in [0.15, 0.2) is 11.5 Å². The van der Waals surface area contributed by atoms with E-state index >= 15 is 0 Å². The lowest BCUT2D eigenvalue weighted by Gasteiger charge is -2.33. The number of para-hydroxylation sites is 3. The molecule has 12 heteroatoms. The van der Waals surface area contributed by atoms with E-state index in [0.717, 1.165) is 16.7 Å². The minimum absolute atomic E-state index is 0.612. The van der Waals surface area contributed by atoms with Crippen molar-refractivity contribution < 1.29 is 27.1 Å². The smallest absolute Gasteiger partial charge is 0.423 e. The molecule has 0 spiro atoms. The zero-order valence-corrected chi connectivity index (χ0v) is 23.8. The molecule has 3 aromatic rings. The highest BCUT2D eigenvalue weighted by Gasteiger charge is 2.71. The first-order valence-corrected chi connectivity index (χ1v) is 16.0. The summed E-state index contributed by atoms with van der Waals surface area (Å²) in [4.78, 5) is 6.69. The van der Waals surface area contributed by atoms with Gasteiger partial charge in [-0.1, -0.05) is 54.6 Å². The van der Waals surface area contributed by atoms with Gasteiger partial charge in [0, 0.05) is 11.6 Å². The van der Waals surface area contributed by atoms with Crippen molar-refractivity contribution in [2.24, 2.45) is 4.52 Å². The second-order valence-electron chi connectivity index (χ2n) is 8.00. The van der Waals surface area contributed by atoms with Crippen molar-refractivity contribution in [3.05, 3.63) is 89.5 Å². The molecular formula is C24H32N3O6P3+2. The standard InChI is InChI=1S/C24H32N3O6P3/c1-19-13-7-10-16-22(19)31-34(28-4)25-35(29-5,32-23-17-11-8-14-20(23)2)27-36(26-34,30-6)33-24-18-12-9-15-21(24)3/h7-18,25-26H,1-6H3/q+2. The molecule has 0 bridgehead atoms. The molecule has 3 unspecified atom stereocenters.